The summed E-state index contributed by atoms with van der Waals surface area (Å²) < 4.78 is 0. The number of nitrogens with one attached hydrogen (secondary N) is 1. The molecule has 0 unspecified atom stereocenters. The second-order valence-electron chi connectivity index (χ2n) is 5.50. The van der Waals surface area contributed by atoms with Gasteiger partial charge in [0.1, 0.15) is 0 Å². The summed E-state index contributed by atoms with van der Waals surface area (Å²) in [6, 6.07) is 7.97. The Morgan fingerprint density at radius 2 is 2.00 bits per heavy atom. The van der Waals surface area contributed by atoms with E-state index in [4.69, 9.17) is 22.7 Å². The monoisotopic (exact) mass is 265 g/mol. The van der Waals surface area contributed by atoms with E-state index in [1.165, 1.54) is 18.4 Å². The van der Waals surface area contributed by atoms with Crippen LogP contribution in [0.3, 0.4) is 0 Å². The number of halogens is 1. The summed E-state index contributed by atoms with van der Waals surface area (Å²) >= 11 is 5.87. The smallest absolute Gasteiger partial charge is 0.0911 e. The zero-order chi connectivity index (χ0) is 13.2. The van der Waals surface area contributed by atoms with E-state index in [2.05, 4.69) is 24.1 Å². The topological polar surface area (TPSA) is 53.1 Å². The van der Waals surface area contributed by atoms with E-state index < -0.39 is 0 Å². The molecule has 1 fully saturated rings. The van der Waals surface area contributed by atoms with Crippen LogP contribution in [0.5, 0.6) is 0 Å². The lowest BCUT2D eigenvalue weighted by Crippen LogP contribution is -2.29. The van der Waals surface area contributed by atoms with Crippen molar-refractivity contribution in [3.8, 4) is 0 Å². The minimum absolute atomic E-state index is 0.271. The van der Waals surface area contributed by atoms with Gasteiger partial charge in [-0.15, -0.1) is 0 Å². The minimum Gasteiger partial charge on any atom is -0.388 e. The molecular weight excluding hydrogens is 246 g/mol. The third-order valence-electron chi connectivity index (χ3n) is 3.49. The Hall–Kier alpha value is -1.06. The first kappa shape index (κ1) is 13.4. The third-order valence-corrected chi connectivity index (χ3v) is 3.75. The van der Waals surface area contributed by atoms with Crippen LogP contribution in [0.1, 0.15) is 24.8 Å². The van der Waals surface area contributed by atoms with Crippen LogP contribution in [0.2, 0.25) is 5.02 Å². The summed E-state index contributed by atoms with van der Waals surface area (Å²) in [6.07, 6.45) is 3.12. The third kappa shape index (κ3) is 3.72. The first-order chi connectivity index (χ1) is 8.49. The highest BCUT2D eigenvalue weighted by molar-refractivity contribution is 6.30. The summed E-state index contributed by atoms with van der Waals surface area (Å²) in [5.41, 5.74) is 7.05. The largest absolute Gasteiger partial charge is 0.388 e. The van der Waals surface area contributed by atoms with Gasteiger partial charge in [0.25, 0.3) is 0 Å². The molecule has 4 heteroatoms. The molecule has 1 saturated carbocycles. The van der Waals surface area contributed by atoms with Crippen LogP contribution in [0.4, 0.5) is 0 Å². The number of hydrogen-bond donors (Lipinski definition) is 2. The van der Waals surface area contributed by atoms with Gasteiger partial charge < -0.3 is 10.6 Å². The van der Waals surface area contributed by atoms with Crippen LogP contribution in [0.15, 0.2) is 24.3 Å². The number of nitrogens with zero attached hydrogens (tertiary/aromatic N) is 1. The predicted octanol–water partition coefficient (Wildman–Crippen LogP) is 2.88. The maximum absolute atomic E-state index is 7.42. The average Bonchev–Trinajstić information content (AvgIpc) is 3.00. The van der Waals surface area contributed by atoms with Gasteiger partial charge in [-0.05, 0) is 43.0 Å². The molecule has 1 aliphatic rings. The summed E-state index contributed by atoms with van der Waals surface area (Å²) in [4.78, 5) is 2.30. The molecule has 0 spiro atoms. The van der Waals surface area contributed by atoms with Crippen LogP contribution >= 0.6 is 11.6 Å². The van der Waals surface area contributed by atoms with Crippen LogP contribution in [-0.4, -0.2) is 24.3 Å². The molecule has 2 rings (SSSR count). The molecule has 0 aliphatic heterocycles. The van der Waals surface area contributed by atoms with E-state index in [1.807, 2.05) is 12.1 Å². The quantitative estimate of drug-likeness (QED) is 0.614. The molecule has 0 atom stereocenters. The molecule has 0 radical (unpaired) electrons. The van der Waals surface area contributed by atoms with E-state index in [-0.39, 0.29) is 5.41 Å². The second-order valence-corrected chi connectivity index (χ2v) is 5.94. The number of benzene rings is 1. The Balaban J connectivity index is 1.87. The molecule has 0 heterocycles. The Kier molecular flexibility index (Phi) is 3.93. The maximum atomic E-state index is 7.42. The van der Waals surface area contributed by atoms with E-state index in [9.17, 15) is 0 Å². The summed E-state index contributed by atoms with van der Waals surface area (Å²) in [5.74, 6) is 0.312. The molecule has 3 N–H and O–H groups in total. The summed E-state index contributed by atoms with van der Waals surface area (Å²) in [6.45, 7) is 1.92. The Bertz CT molecular complexity index is 423. The maximum Gasteiger partial charge on any atom is 0.0911 e. The van der Waals surface area contributed by atoms with Gasteiger partial charge in [0, 0.05) is 24.5 Å². The molecule has 98 valence electrons. The highest BCUT2D eigenvalue weighted by Crippen LogP contribution is 2.49. The lowest BCUT2D eigenvalue weighted by molar-refractivity contribution is 0.259. The lowest BCUT2D eigenvalue weighted by atomic mass is 10.0. The molecule has 0 bridgehead atoms. The van der Waals surface area contributed by atoms with E-state index >= 15 is 0 Å². The van der Waals surface area contributed by atoms with E-state index in [0.717, 1.165) is 24.5 Å². The Morgan fingerprint density at radius 3 is 2.50 bits per heavy atom. The van der Waals surface area contributed by atoms with Gasteiger partial charge >= 0.3 is 0 Å². The lowest BCUT2D eigenvalue weighted by Gasteiger charge is -2.23. The van der Waals surface area contributed by atoms with Gasteiger partial charge in [-0.25, -0.2) is 0 Å². The molecule has 3 nitrogen and oxygen atoms in total. The normalized spacial score (nSPS) is 16.8. The van der Waals surface area contributed by atoms with Crippen molar-refractivity contribution in [3.05, 3.63) is 34.9 Å². The number of nitrogens with two attached hydrogens (primary N) is 1. The van der Waals surface area contributed by atoms with Crippen LogP contribution in [0, 0.1) is 10.8 Å². The predicted molar refractivity (Wildman–Crippen MR) is 76.0 cm³/mol. The van der Waals surface area contributed by atoms with Crippen LogP contribution in [-0.2, 0) is 6.54 Å². The standard InChI is InChI=1S/C14H20ClN3/c1-18(9-11-2-4-12(15)5-3-11)10-14(6-7-14)8-13(16)17/h2-5H,6-10H2,1H3,(H3,16,17). The number of rotatable bonds is 6. The first-order valence-electron chi connectivity index (χ1n) is 6.25. The summed E-state index contributed by atoms with van der Waals surface area (Å²) in [5, 5.41) is 8.20. The second kappa shape index (κ2) is 5.29. The first-order valence-corrected chi connectivity index (χ1v) is 6.63. The van der Waals surface area contributed by atoms with Crippen molar-refractivity contribution >= 4 is 17.4 Å². The highest BCUT2D eigenvalue weighted by Gasteiger charge is 2.43. The van der Waals surface area contributed by atoms with Crippen molar-refractivity contribution in [1.82, 2.24) is 4.90 Å². The molecule has 18 heavy (non-hydrogen) atoms. The van der Waals surface area contributed by atoms with Crippen molar-refractivity contribution in [2.75, 3.05) is 13.6 Å². The molecule has 0 saturated heterocycles. The molecular formula is C14H20ClN3. The Labute approximate surface area is 113 Å². The Morgan fingerprint density at radius 1 is 1.39 bits per heavy atom. The fourth-order valence-corrected chi connectivity index (χ4v) is 2.63. The average molecular weight is 266 g/mol. The molecule has 1 aromatic rings. The fraction of sp³-hybridized carbons (Fsp3) is 0.500. The van der Waals surface area contributed by atoms with Gasteiger partial charge in [0.05, 0.1) is 5.84 Å². The summed E-state index contributed by atoms with van der Waals surface area (Å²) in [7, 11) is 2.12. The van der Waals surface area contributed by atoms with Gasteiger partial charge in [0.15, 0.2) is 0 Å². The van der Waals surface area contributed by atoms with Gasteiger partial charge in [-0.3, -0.25) is 5.41 Å². The molecule has 0 aromatic heterocycles. The van der Waals surface area contributed by atoms with Crippen molar-refractivity contribution in [2.45, 2.75) is 25.8 Å². The van der Waals surface area contributed by atoms with Gasteiger partial charge in [-0.1, -0.05) is 23.7 Å². The van der Waals surface area contributed by atoms with Crippen molar-refractivity contribution in [1.29, 1.82) is 5.41 Å². The number of hydrogen-bond acceptors (Lipinski definition) is 2. The van der Waals surface area contributed by atoms with Crippen molar-refractivity contribution in [2.24, 2.45) is 11.1 Å². The van der Waals surface area contributed by atoms with Crippen LogP contribution < -0.4 is 5.73 Å². The minimum atomic E-state index is 0.271. The van der Waals surface area contributed by atoms with Crippen LogP contribution in [0.25, 0.3) is 0 Å². The van der Waals surface area contributed by atoms with Crippen molar-refractivity contribution in [3.63, 3.8) is 0 Å². The highest BCUT2D eigenvalue weighted by atomic mass is 35.5. The molecule has 1 aromatic carbocycles. The van der Waals surface area contributed by atoms with E-state index in [0.29, 0.717) is 5.84 Å². The fourth-order valence-electron chi connectivity index (χ4n) is 2.50. The van der Waals surface area contributed by atoms with E-state index in [1.54, 1.807) is 0 Å². The van der Waals surface area contributed by atoms with Crippen molar-refractivity contribution < 1.29 is 0 Å². The number of amidine groups is 1. The molecule has 0 amide bonds. The van der Waals surface area contributed by atoms with Gasteiger partial charge in [-0.2, -0.15) is 0 Å². The molecule has 1 aliphatic carbocycles. The zero-order valence-electron chi connectivity index (χ0n) is 10.7. The zero-order valence-corrected chi connectivity index (χ0v) is 11.5. The SMILES string of the molecule is CN(Cc1ccc(Cl)cc1)CC1(CC(=N)N)CC1. The van der Waals surface area contributed by atoms with Gasteiger partial charge in [0.2, 0.25) is 0 Å².